The van der Waals surface area contributed by atoms with Crippen molar-refractivity contribution in [2.75, 3.05) is 28.6 Å². The summed E-state index contributed by atoms with van der Waals surface area (Å²) >= 11 is 0. The first kappa shape index (κ1) is 22.9. The Hall–Kier alpha value is -4.56. The number of aliphatic hydroxyl groups excluding tert-OH is 1. The van der Waals surface area contributed by atoms with Crippen molar-refractivity contribution in [2.24, 2.45) is 0 Å². The van der Waals surface area contributed by atoms with E-state index < -0.39 is 0 Å². The Bertz CT molecular complexity index is 1500. The Balaban J connectivity index is 1.14. The summed E-state index contributed by atoms with van der Waals surface area (Å²) in [4.78, 5) is 17.5. The summed E-state index contributed by atoms with van der Waals surface area (Å²) in [6, 6.07) is 24.0. The molecule has 0 spiro atoms. The average molecular weight is 493 g/mol. The maximum absolute atomic E-state index is 12.3. The largest absolute Gasteiger partial charge is 0.393 e. The first-order chi connectivity index (χ1) is 18.1. The van der Waals surface area contributed by atoms with E-state index >= 15 is 0 Å². The first-order valence-corrected chi connectivity index (χ1v) is 12.4. The Morgan fingerprint density at radius 1 is 0.892 bits per heavy atom. The molecular formula is C29H28N6O2. The predicted molar refractivity (Wildman–Crippen MR) is 147 cm³/mol. The Morgan fingerprint density at radius 3 is 2.32 bits per heavy atom. The van der Waals surface area contributed by atoms with E-state index in [1.54, 1.807) is 18.5 Å². The van der Waals surface area contributed by atoms with Crippen molar-refractivity contribution in [3.8, 4) is 5.69 Å². The fourth-order valence-electron chi connectivity index (χ4n) is 4.72. The number of aromatic nitrogens is 3. The zero-order chi connectivity index (χ0) is 25.2. The second-order valence-electron chi connectivity index (χ2n) is 9.32. The maximum atomic E-state index is 12.3. The molecule has 0 radical (unpaired) electrons. The molecule has 37 heavy (non-hydrogen) atoms. The van der Waals surface area contributed by atoms with Crippen molar-refractivity contribution in [3.05, 3.63) is 97.0 Å². The third kappa shape index (κ3) is 4.92. The number of H-pyrrole nitrogens is 1. The highest BCUT2D eigenvalue weighted by atomic mass is 16.3. The first-order valence-electron chi connectivity index (χ1n) is 12.4. The van der Waals surface area contributed by atoms with E-state index in [4.69, 9.17) is 0 Å². The SMILES string of the molecule is O=C(Nc1ccc(-n2ncc3cc(Nc4ccc(N5CCC(O)CC5)cc4)ccc32)cc1)c1cc[nH]c1. The molecule has 2 aromatic heterocycles. The monoisotopic (exact) mass is 492 g/mol. The number of piperidine rings is 1. The minimum atomic E-state index is -0.168. The van der Waals surface area contributed by atoms with Crippen LogP contribution in [0.4, 0.5) is 22.7 Å². The second-order valence-corrected chi connectivity index (χ2v) is 9.32. The van der Waals surface area contributed by atoms with Crippen LogP contribution in [0.2, 0.25) is 0 Å². The van der Waals surface area contributed by atoms with E-state index in [1.165, 1.54) is 5.69 Å². The van der Waals surface area contributed by atoms with Gasteiger partial charge in [-0.1, -0.05) is 0 Å². The van der Waals surface area contributed by atoms with Gasteiger partial charge >= 0.3 is 0 Å². The number of rotatable bonds is 6. The summed E-state index contributed by atoms with van der Waals surface area (Å²) in [5, 5.41) is 21.7. The van der Waals surface area contributed by atoms with Crippen LogP contribution in [0.5, 0.6) is 0 Å². The molecule has 3 aromatic carbocycles. The predicted octanol–water partition coefficient (Wildman–Crippen LogP) is 5.31. The quantitative estimate of drug-likeness (QED) is 0.258. The number of anilines is 4. The molecule has 5 aromatic rings. The summed E-state index contributed by atoms with van der Waals surface area (Å²) < 4.78 is 1.89. The molecule has 8 heteroatoms. The molecule has 0 bridgehead atoms. The van der Waals surface area contributed by atoms with E-state index in [1.807, 2.05) is 41.2 Å². The number of nitrogens with one attached hydrogen (secondary N) is 3. The van der Waals surface area contributed by atoms with E-state index in [0.717, 1.165) is 59.6 Å². The number of amides is 1. The lowest BCUT2D eigenvalue weighted by Crippen LogP contribution is -2.35. The molecule has 0 unspecified atom stereocenters. The molecule has 1 fully saturated rings. The number of nitrogens with zero attached hydrogens (tertiary/aromatic N) is 3. The van der Waals surface area contributed by atoms with Gasteiger partial charge in [0, 0.05) is 53.6 Å². The van der Waals surface area contributed by atoms with Gasteiger partial charge in [-0.25, -0.2) is 4.68 Å². The summed E-state index contributed by atoms with van der Waals surface area (Å²) in [5.74, 6) is -0.153. The maximum Gasteiger partial charge on any atom is 0.257 e. The topological polar surface area (TPSA) is 98.2 Å². The average Bonchev–Trinajstić information content (AvgIpc) is 3.61. The third-order valence-corrected chi connectivity index (χ3v) is 6.78. The van der Waals surface area contributed by atoms with Gasteiger partial charge in [-0.3, -0.25) is 4.79 Å². The van der Waals surface area contributed by atoms with Gasteiger partial charge in [-0.2, -0.15) is 5.10 Å². The van der Waals surface area contributed by atoms with Gasteiger partial charge in [-0.05, 0) is 85.6 Å². The molecule has 1 amide bonds. The fourth-order valence-corrected chi connectivity index (χ4v) is 4.72. The van der Waals surface area contributed by atoms with Crippen LogP contribution >= 0.6 is 0 Å². The third-order valence-electron chi connectivity index (χ3n) is 6.78. The Morgan fingerprint density at radius 2 is 1.59 bits per heavy atom. The van der Waals surface area contributed by atoms with Crippen molar-refractivity contribution in [2.45, 2.75) is 18.9 Å². The van der Waals surface area contributed by atoms with Crippen molar-refractivity contribution in [1.29, 1.82) is 0 Å². The Labute approximate surface area is 214 Å². The van der Waals surface area contributed by atoms with Crippen LogP contribution in [0.3, 0.4) is 0 Å². The van der Waals surface area contributed by atoms with Crippen LogP contribution in [0.25, 0.3) is 16.6 Å². The van der Waals surface area contributed by atoms with E-state index in [-0.39, 0.29) is 12.0 Å². The van der Waals surface area contributed by atoms with Crippen LogP contribution < -0.4 is 15.5 Å². The summed E-state index contributed by atoms with van der Waals surface area (Å²) in [6.07, 6.45) is 6.72. The molecule has 0 saturated carbocycles. The lowest BCUT2D eigenvalue weighted by Gasteiger charge is -2.31. The smallest absolute Gasteiger partial charge is 0.257 e. The molecule has 3 heterocycles. The van der Waals surface area contributed by atoms with Crippen molar-refractivity contribution in [3.63, 3.8) is 0 Å². The van der Waals surface area contributed by atoms with Gasteiger partial charge in [0.2, 0.25) is 0 Å². The highest BCUT2D eigenvalue weighted by molar-refractivity contribution is 6.04. The van der Waals surface area contributed by atoms with E-state index in [0.29, 0.717) is 5.56 Å². The number of carbonyl (C=O) groups excluding carboxylic acids is 1. The van der Waals surface area contributed by atoms with Gasteiger partial charge in [0.15, 0.2) is 0 Å². The van der Waals surface area contributed by atoms with E-state index in [2.05, 4.69) is 62.0 Å². The number of aliphatic hydroxyl groups is 1. The molecule has 1 saturated heterocycles. The van der Waals surface area contributed by atoms with Crippen LogP contribution in [-0.2, 0) is 0 Å². The molecule has 6 rings (SSSR count). The highest BCUT2D eigenvalue weighted by Gasteiger charge is 2.17. The van der Waals surface area contributed by atoms with Gasteiger partial charge in [0.05, 0.1) is 29.1 Å². The zero-order valence-electron chi connectivity index (χ0n) is 20.3. The number of carbonyl (C=O) groups is 1. The zero-order valence-corrected chi connectivity index (χ0v) is 20.3. The highest BCUT2D eigenvalue weighted by Crippen LogP contribution is 2.27. The van der Waals surface area contributed by atoms with Gasteiger partial charge in [0.25, 0.3) is 5.91 Å². The van der Waals surface area contributed by atoms with Gasteiger partial charge in [-0.15, -0.1) is 0 Å². The minimum absolute atomic E-state index is 0.153. The van der Waals surface area contributed by atoms with Crippen molar-refractivity contribution in [1.82, 2.24) is 14.8 Å². The number of benzene rings is 3. The molecule has 8 nitrogen and oxygen atoms in total. The van der Waals surface area contributed by atoms with Crippen LogP contribution in [-0.4, -0.2) is 45.0 Å². The molecule has 0 aliphatic carbocycles. The number of hydrogen-bond acceptors (Lipinski definition) is 5. The summed E-state index contributed by atoms with van der Waals surface area (Å²) in [7, 11) is 0. The molecule has 1 aliphatic rings. The van der Waals surface area contributed by atoms with Crippen LogP contribution in [0.15, 0.2) is 91.4 Å². The second kappa shape index (κ2) is 9.83. The molecule has 186 valence electrons. The summed E-state index contributed by atoms with van der Waals surface area (Å²) in [6.45, 7) is 1.78. The number of hydrogen-bond donors (Lipinski definition) is 4. The normalized spacial score (nSPS) is 14.1. The fraction of sp³-hybridized carbons (Fsp3) is 0.172. The van der Waals surface area contributed by atoms with Crippen molar-refractivity contribution >= 4 is 39.6 Å². The van der Waals surface area contributed by atoms with Crippen LogP contribution in [0, 0.1) is 0 Å². The van der Waals surface area contributed by atoms with Crippen molar-refractivity contribution < 1.29 is 9.90 Å². The molecule has 4 N–H and O–H groups in total. The standard InChI is InChI=1S/C29H28N6O2/c36-27-12-15-34(16-13-27)25-6-1-22(2-7-25)32-24-5-10-28-21(17-24)19-31-35(28)26-8-3-23(4-9-26)33-29(37)20-11-14-30-18-20/h1-11,14,17-19,27,30,32,36H,12-13,15-16H2,(H,33,37). The van der Waals surface area contributed by atoms with Gasteiger partial charge in [0.1, 0.15) is 0 Å². The molecule has 1 aliphatic heterocycles. The van der Waals surface area contributed by atoms with Crippen LogP contribution in [0.1, 0.15) is 23.2 Å². The minimum Gasteiger partial charge on any atom is -0.393 e. The van der Waals surface area contributed by atoms with E-state index in [9.17, 15) is 9.90 Å². The Kier molecular flexibility index (Phi) is 6.08. The van der Waals surface area contributed by atoms with Gasteiger partial charge < -0.3 is 25.6 Å². The number of aromatic amines is 1. The lowest BCUT2D eigenvalue weighted by atomic mass is 10.1. The lowest BCUT2D eigenvalue weighted by molar-refractivity contribution is 0.102. The summed E-state index contributed by atoms with van der Waals surface area (Å²) in [5.41, 5.74) is 6.42. The molecular weight excluding hydrogens is 464 g/mol. The molecule has 0 atom stereocenters. The number of fused-ring (bicyclic) bond motifs is 1.